The molecule has 272 valence electrons. The minimum atomic E-state index is 0.870. The van der Waals surface area contributed by atoms with E-state index in [9.17, 15) is 0 Å². The first-order valence-corrected chi connectivity index (χ1v) is 19.7. The molecule has 3 heterocycles. The molecule has 0 aliphatic rings. The highest BCUT2D eigenvalue weighted by molar-refractivity contribution is 6.14. The molecule has 0 saturated carbocycles. The number of fused-ring (bicyclic) bond motifs is 9. The summed E-state index contributed by atoms with van der Waals surface area (Å²) in [7, 11) is 0. The van der Waals surface area contributed by atoms with Gasteiger partial charge in [0.15, 0.2) is 0 Å². The molecule has 0 amide bonds. The van der Waals surface area contributed by atoms with Crippen molar-refractivity contribution >= 4 is 82.7 Å². The first-order valence-electron chi connectivity index (χ1n) is 19.7. The van der Waals surface area contributed by atoms with Gasteiger partial charge in [0.2, 0.25) is 0 Å². The van der Waals surface area contributed by atoms with Crippen LogP contribution in [-0.2, 0) is 0 Å². The predicted molar refractivity (Wildman–Crippen MR) is 241 cm³/mol. The molecule has 12 rings (SSSR count). The Morgan fingerprint density at radius 1 is 0.345 bits per heavy atom. The molecule has 9 aromatic carbocycles. The first-order chi connectivity index (χ1) is 28.8. The Morgan fingerprint density at radius 3 is 1.62 bits per heavy atom. The summed E-state index contributed by atoms with van der Waals surface area (Å²) in [6.45, 7) is 0. The van der Waals surface area contributed by atoms with Crippen LogP contribution in [0.25, 0.3) is 93.6 Å². The predicted octanol–water partition coefficient (Wildman–Crippen LogP) is 15.4. The fourth-order valence-corrected chi connectivity index (χ4v) is 8.98. The zero-order valence-corrected chi connectivity index (χ0v) is 31.3. The van der Waals surface area contributed by atoms with Gasteiger partial charge in [-0.05, 0) is 95.6 Å². The molecular formula is C54H34N2O2. The van der Waals surface area contributed by atoms with Gasteiger partial charge in [0.05, 0.1) is 11.0 Å². The van der Waals surface area contributed by atoms with Gasteiger partial charge in [-0.3, -0.25) is 0 Å². The number of hydrogen-bond donors (Lipinski definition) is 0. The third-order valence-electron chi connectivity index (χ3n) is 11.6. The molecule has 0 saturated heterocycles. The number of anilines is 3. The normalized spacial score (nSPS) is 11.8. The van der Waals surface area contributed by atoms with E-state index >= 15 is 0 Å². The topological polar surface area (TPSA) is 34.5 Å². The van der Waals surface area contributed by atoms with E-state index in [-0.39, 0.29) is 0 Å². The van der Waals surface area contributed by atoms with E-state index in [1.807, 2.05) is 18.2 Å². The second-order valence-corrected chi connectivity index (χ2v) is 14.9. The van der Waals surface area contributed by atoms with Gasteiger partial charge in [-0.25, -0.2) is 0 Å². The number of aromatic nitrogens is 1. The van der Waals surface area contributed by atoms with Gasteiger partial charge < -0.3 is 18.3 Å². The lowest BCUT2D eigenvalue weighted by atomic mass is 9.98. The maximum atomic E-state index is 6.69. The minimum Gasteiger partial charge on any atom is -0.456 e. The highest BCUT2D eigenvalue weighted by Gasteiger charge is 2.21. The van der Waals surface area contributed by atoms with Crippen molar-refractivity contribution in [1.29, 1.82) is 0 Å². The van der Waals surface area contributed by atoms with Crippen LogP contribution in [0.5, 0.6) is 0 Å². The number of nitrogens with zero attached hydrogens (tertiary/aromatic N) is 2. The molecular weight excluding hydrogens is 709 g/mol. The molecule has 0 spiro atoms. The molecule has 58 heavy (non-hydrogen) atoms. The van der Waals surface area contributed by atoms with Crippen molar-refractivity contribution in [3.8, 4) is 27.9 Å². The standard InChI is InChI=1S/C54H34N2O2/c1-2-13-37(14-3-1)55(38-29-25-35(26-30-38)41-19-12-24-52-53(41)45-18-7-11-23-51(45)57-52)40-33-46(54-47(34-40)44-17-6-10-22-50(44)58-54)36-27-31-39(32-28-36)56-48-20-8-4-15-42(48)43-16-5-9-21-49(43)56/h1-34H. The second kappa shape index (κ2) is 12.9. The smallest absolute Gasteiger partial charge is 0.143 e. The molecule has 0 bridgehead atoms. The van der Waals surface area contributed by atoms with Gasteiger partial charge in [-0.2, -0.15) is 0 Å². The van der Waals surface area contributed by atoms with Crippen molar-refractivity contribution in [2.45, 2.75) is 0 Å². The fraction of sp³-hybridized carbons (Fsp3) is 0. The van der Waals surface area contributed by atoms with Gasteiger partial charge in [-0.1, -0.05) is 127 Å². The number of hydrogen-bond acceptors (Lipinski definition) is 3. The first kappa shape index (κ1) is 32.4. The molecule has 0 N–H and O–H groups in total. The summed E-state index contributed by atoms with van der Waals surface area (Å²) < 4.78 is 15.3. The van der Waals surface area contributed by atoms with Crippen molar-refractivity contribution in [3.05, 3.63) is 206 Å². The fourth-order valence-electron chi connectivity index (χ4n) is 8.98. The molecule has 0 fully saturated rings. The van der Waals surface area contributed by atoms with Crippen LogP contribution in [0.2, 0.25) is 0 Å². The van der Waals surface area contributed by atoms with Crippen LogP contribution in [0.1, 0.15) is 0 Å². The molecule has 12 aromatic rings. The lowest BCUT2D eigenvalue weighted by molar-refractivity contribution is 0.669. The lowest BCUT2D eigenvalue weighted by Crippen LogP contribution is -2.10. The van der Waals surface area contributed by atoms with E-state index in [0.29, 0.717) is 0 Å². The zero-order valence-electron chi connectivity index (χ0n) is 31.3. The Hall–Kier alpha value is -7.82. The number of benzene rings is 9. The molecule has 0 unspecified atom stereocenters. The Labute approximate surface area is 334 Å². The third-order valence-corrected chi connectivity index (χ3v) is 11.6. The molecule has 0 radical (unpaired) electrons. The third kappa shape index (κ3) is 5.02. The van der Waals surface area contributed by atoms with Crippen LogP contribution in [0.3, 0.4) is 0 Å². The molecule has 0 aliphatic carbocycles. The summed E-state index contributed by atoms with van der Waals surface area (Å²) in [4.78, 5) is 2.34. The zero-order chi connectivity index (χ0) is 38.2. The highest BCUT2D eigenvalue weighted by Crippen LogP contribution is 2.45. The Kier molecular flexibility index (Phi) is 7.20. The van der Waals surface area contributed by atoms with E-state index in [0.717, 1.165) is 88.9 Å². The van der Waals surface area contributed by atoms with Gasteiger partial charge in [-0.15, -0.1) is 0 Å². The van der Waals surface area contributed by atoms with Crippen molar-refractivity contribution in [2.24, 2.45) is 0 Å². The van der Waals surface area contributed by atoms with E-state index in [4.69, 9.17) is 8.83 Å². The van der Waals surface area contributed by atoms with Crippen LogP contribution in [0.4, 0.5) is 17.1 Å². The summed E-state index contributed by atoms with van der Waals surface area (Å²) in [6.07, 6.45) is 0. The molecule has 0 aliphatic heterocycles. The Balaban J connectivity index is 1.02. The van der Waals surface area contributed by atoms with Gasteiger partial charge in [0.25, 0.3) is 0 Å². The number of rotatable bonds is 6. The van der Waals surface area contributed by atoms with E-state index in [1.165, 1.54) is 21.8 Å². The lowest BCUT2D eigenvalue weighted by Gasteiger charge is -2.26. The second-order valence-electron chi connectivity index (χ2n) is 14.9. The summed E-state index contributed by atoms with van der Waals surface area (Å²) >= 11 is 0. The Bertz CT molecular complexity index is 3450. The van der Waals surface area contributed by atoms with Gasteiger partial charge in [0.1, 0.15) is 22.3 Å². The summed E-state index contributed by atoms with van der Waals surface area (Å²) in [6, 6.07) is 73.2. The average Bonchev–Trinajstić information content (AvgIpc) is 3.97. The summed E-state index contributed by atoms with van der Waals surface area (Å²) in [5.41, 5.74) is 14.6. The average molecular weight is 743 g/mol. The molecule has 4 heteroatoms. The summed E-state index contributed by atoms with van der Waals surface area (Å²) in [5, 5.41) is 6.92. The van der Waals surface area contributed by atoms with Crippen molar-refractivity contribution in [2.75, 3.05) is 4.90 Å². The largest absolute Gasteiger partial charge is 0.456 e. The van der Waals surface area contributed by atoms with E-state index in [1.54, 1.807) is 0 Å². The Morgan fingerprint density at radius 2 is 0.897 bits per heavy atom. The quantitative estimate of drug-likeness (QED) is 0.170. The van der Waals surface area contributed by atoms with Crippen LogP contribution >= 0.6 is 0 Å². The SMILES string of the molecule is c1ccc(N(c2ccc(-c3cccc4oc5ccccc5c34)cc2)c2cc(-c3ccc(-n4c5ccccc5c5ccccc54)cc3)c3oc4ccccc4c3c2)cc1. The minimum absolute atomic E-state index is 0.870. The van der Waals surface area contributed by atoms with E-state index < -0.39 is 0 Å². The van der Waals surface area contributed by atoms with Crippen LogP contribution in [0.15, 0.2) is 215 Å². The van der Waals surface area contributed by atoms with Gasteiger partial charge in [0, 0.05) is 60.6 Å². The van der Waals surface area contributed by atoms with Crippen LogP contribution in [0, 0.1) is 0 Å². The van der Waals surface area contributed by atoms with Crippen LogP contribution in [-0.4, -0.2) is 4.57 Å². The molecule has 3 aromatic heterocycles. The van der Waals surface area contributed by atoms with E-state index in [2.05, 4.69) is 198 Å². The number of furan rings is 2. The van der Waals surface area contributed by atoms with Crippen molar-refractivity contribution in [1.82, 2.24) is 4.57 Å². The molecule has 4 nitrogen and oxygen atoms in total. The monoisotopic (exact) mass is 742 g/mol. The maximum Gasteiger partial charge on any atom is 0.143 e. The van der Waals surface area contributed by atoms with Crippen molar-refractivity contribution < 1.29 is 8.83 Å². The summed E-state index contributed by atoms with van der Waals surface area (Å²) in [5.74, 6) is 0. The maximum absolute atomic E-state index is 6.69. The molecule has 0 atom stereocenters. The highest BCUT2D eigenvalue weighted by atomic mass is 16.3. The number of para-hydroxylation sites is 5. The van der Waals surface area contributed by atoms with Crippen LogP contribution < -0.4 is 4.90 Å². The van der Waals surface area contributed by atoms with Gasteiger partial charge >= 0.3 is 0 Å². The van der Waals surface area contributed by atoms with Crippen molar-refractivity contribution in [3.63, 3.8) is 0 Å².